The van der Waals surface area contributed by atoms with E-state index in [-0.39, 0.29) is 6.04 Å². The van der Waals surface area contributed by atoms with Gasteiger partial charge in [0.1, 0.15) is 0 Å². The number of rotatable bonds is 4. The first-order valence-electron chi connectivity index (χ1n) is 5.52. The minimum absolute atomic E-state index is 0.118. The average Bonchev–Trinajstić information content (AvgIpc) is 2.28. The Bertz CT molecular complexity index is 451. The van der Waals surface area contributed by atoms with Gasteiger partial charge in [-0.15, -0.1) is 0 Å². The Labute approximate surface area is 111 Å². The molecule has 0 spiro atoms. The van der Waals surface area contributed by atoms with Crippen LogP contribution in [0.5, 0.6) is 0 Å². The SMILES string of the molecule is CC(N[C@H](C)c1ccccc1Cl)C(=O)NC(N)=O. The minimum Gasteiger partial charge on any atom is -0.351 e. The first-order valence-corrected chi connectivity index (χ1v) is 5.90. The van der Waals surface area contributed by atoms with Gasteiger partial charge < -0.3 is 5.73 Å². The topological polar surface area (TPSA) is 84.2 Å². The van der Waals surface area contributed by atoms with E-state index in [1.165, 1.54) is 0 Å². The van der Waals surface area contributed by atoms with Crippen LogP contribution in [0.2, 0.25) is 5.02 Å². The van der Waals surface area contributed by atoms with Gasteiger partial charge in [-0.1, -0.05) is 29.8 Å². The van der Waals surface area contributed by atoms with Gasteiger partial charge in [0.25, 0.3) is 0 Å². The van der Waals surface area contributed by atoms with Crippen molar-refractivity contribution in [2.45, 2.75) is 25.9 Å². The molecule has 18 heavy (non-hydrogen) atoms. The van der Waals surface area contributed by atoms with Crippen molar-refractivity contribution in [3.05, 3.63) is 34.9 Å². The van der Waals surface area contributed by atoms with E-state index >= 15 is 0 Å². The molecule has 0 aliphatic heterocycles. The number of halogens is 1. The lowest BCUT2D eigenvalue weighted by atomic mass is 10.1. The number of hydrogen-bond donors (Lipinski definition) is 3. The summed E-state index contributed by atoms with van der Waals surface area (Å²) in [6.45, 7) is 3.53. The largest absolute Gasteiger partial charge is 0.351 e. The third-order valence-electron chi connectivity index (χ3n) is 2.51. The van der Waals surface area contributed by atoms with Gasteiger partial charge in [-0.2, -0.15) is 0 Å². The normalized spacial score (nSPS) is 13.7. The molecule has 1 rings (SSSR count). The number of nitrogens with one attached hydrogen (secondary N) is 2. The van der Waals surface area contributed by atoms with E-state index in [4.69, 9.17) is 17.3 Å². The number of nitrogens with two attached hydrogens (primary N) is 1. The Morgan fingerprint density at radius 1 is 1.28 bits per heavy atom. The van der Waals surface area contributed by atoms with Crippen LogP contribution in [0.15, 0.2) is 24.3 Å². The van der Waals surface area contributed by atoms with E-state index in [0.29, 0.717) is 5.02 Å². The molecule has 4 N–H and O–H groups in total. The summed E-state index contributed by atoms with van der Waals surface area (Å²) in [4.78, 5) is 22.1. The van der Waals surface area contributed by atoms with Crippen molar-refractivity contribution in [3.8, 4) is 0 Å². The van der Waals surface area contributed by atoms with Crippen LogP contribution in [0.3, 0.4) is 0 Å². The number of urea groups is 1. The predicted molar refractivity (Wildman–Crippen MR) is 70.2 cm³/mol. The lowest BCUT2D eigenvalue weighted by Crippen LogP contribution is -2.47. The van der Waals surface area contributed by atoms with E-state index in [1.54, 1.807) is 13.0 Å². The predicted octanol–water partition coefficient (Wildman–Crippen LogP) is 1.57. The van der Waals surface area contributed by atoms with E-state index in [9.17, 15) is 9.59 Å². The molecule has 0 fully saturated rings. The molecule has 5 nitrogen and oxygen atoms in total. The molecule has 0 saturated carbocycles. The van der Waals surface area contributed by atoms with Crippen molar-refractivity contribution >= 4 is 23.5 Å². The van der Waals surface area contributed by atoms with Crippen molar-refractivity contribution in [2.24, 2.45) is 5.73 Å². The lowest BCUT2D eigenvalue weighted by molar-refractivity contribution is -0.121. The van der Waals surface area contributed by atoms with Crippen LogP contribution in [-0.2, 0) is 4.79 Å². The second-order valence-electron chi connectivity index (χ2n) is 3.99. The van der Waals surface area contributed by atoms with Crippen LogP contribution < -0.4 is 16.4 Å². The molecule has 1 aromatic rings. The van der Waals surface area contributed by atoms with E-state index in [2.05, 4.69) is 5.32 Å². The highest BCUT2D eigenvalue weighted by molar-refractivity contribution is 6.31. The molecule has 0 aliphatic carbocycles. The van der Waals surface area contributed by atoms with Gasteiger partial charge in [0, 0.05) is 11.1 Å². The summed E-state index contributed by atoms with van der Waals surface area (Å²) in [7, 11) is 0. The summed E-state index contributed by atoms with van der Waals surface area (Å²) < 4.78 is 0. The Morgan fingerprint density at radius 2 is 1.89 bits per heavy atom. The van der Waals surface area contributed by atoms with Gasteiger partial charge in [0.15, 0.2) is 0 Å². The molecular weight excluding hydrogens is 254 g/mol. The zero-order valence-corrected chi connectivity index (χ0v) is 11.0. The minimum atomic E-state index is -0.862. The molecule has 3 amide bonds. The fraction of sp³-hybridized carbons (Fsp3) is 0.333. The number of carbonyl (C=O) groups is 2. The second kappa shape index (κ2) is 6.37. The number of amides is 3. The Morgan fingerprint density at radius 3 is 2.44 bits per heavy atom. The monoisotopic (exact) mass is 269 g/mol. The summed E-state index contributed by atoms with van der Waals surface area (Å²) in [5.41, 5.74) is 5.76. The molecule has 0 radical (unpaired) electrons. The van der Waals surface area contributed by atoms with Gasteiger partial charge >= 0.3 is 6.03 Å². The van der Waals surface area contributed by atoms with Gasteiger partial charge in [0.2, 0.25) is 5.91 Å². The van der Waals surface area contributed by atoms with Gasteiger partial charge in [-0.3, -0.25) is 15.4 Å². The van der Waals surface area contributed by atoms with Crippen LogP contribution in [0.1, 0.15) is 25.5 Å². The summed E-state index contributed by atoms with van der Waals surface area (Å²) in [6.07, 6.45) is 0. The van der Waals surface area contributed by atoms with E-state index < -0.39 is 18.0 Å². The number of benzene rings is 1. The van der Waals surface area contributed by atoms with E-state index in [1.807, 2.05) is 30.4 Å². The summed E-state index contributed by atoms with van der Waals surface area (Å²) >= 11 is 6.05. The molecule has 6 heteroatoms. The summed E-state index contributed by atoms with van der Waals surface area (Å²) in [6, 6.07) is 5.83. The smallest absolute Gasteiger partial charge is 0.318 e. The maximum atomic E-state index is 11.5. The highest BCUT2D eigenvalue weighted by Gasteiger charge is 2.18. The van der Waals surface area contributed by atoms with Crippen molar-refractivity contribution in [1.29, 1.82) is 0 Å². The molecule has 0 saturated heterocycles. The van der Waals surface area contributed by atoms with E-state index in [0.717, 1.165) is 5.56 Å². The number of primary amides is 1. The van der Waals surface area contributed by atoms with Gasteiger partial charge in [-0.25, -0.2) is 4.79 Å². The first kappa shape index (κ1) is 14.5. The average molecular weight is 270 g/mol. The van der Waals surface area contributed by atoms with Crippen LogP contribution in [0.25, 0.3) is 0 Å². The Hall–Kier alpha value is -1.59. The molecule has 1 unspecified atom stereocenters. The number of imide groups is 1. The molecule has 0 bridgehead atoms. The molecule has 98 valence electrons. The second-order valence-corrected chi connectivity index (χ2v) is 4.39. The van der Waals surface area contributed by atoms with Crippen molar-refractivity contribution in [3.63, 3.8) is 0 Å². The van der Waals surface area contributed by atoms with Crippen molar-refractivity contribution in [1.82, 2.24) is 10.6 Å². The zero-order valence-electron chi connectivity index (χ0n) is 10.2. The number of hydrogen-bond acceptors (Lipinski definition) is 3. The van der Waals surface area contributed by atoms with Gasteiger partial charge in [0.05, 0.1) is 6.04 Å². The van der Waals surface area contributed by atoms with Crippen molar-refractivity contribution < 1.29 is 9.59 Å². The fourth-order valence-electron chi connectivity index (χ4n) is 1.60. The van der Waals surface area contributed by atoms with Gasteiger partial charge in [-0.05, 0) is 25.5 Å². The van der Waals surface area contributed by atoms with Crippen LogP contribution >= 0.6 is 11.6 Å². The first-order chi connectivity index (χ1) is 8.41. The highest BCUT2D eigenvalue weighted by Crippen LogP contribution is 2.22. The summed E-state index contributed by atoms with van der Waals surface area (Å²) in [5.74, 6) is -0.471. The molecule has 0 aromatic heterocycles. The third-order valence-corrected chi connectivity index (χ3v) is 2.86. The summed E-state index contributed by atoms with van der Waals surface area (Å²) in [5, 5.41) is 5.68. The Balaban J connectivity index is 2.65. The van der Waals surface area contributed by atoms with Crippen LogP contribution in [-0.4, -0.2) is 18.0 Å². The fourth-order valence-corrected chi connectivity index (χ4v) is 1.90. The highest BCUT2D eigenvalue weighted by atomic mass is 35.5. The Kier molecular flexibility index (Phi) is 5.12. The van der Waals surface area contributed by atoms with Crippen LogP contribution in [0, 0.1) is 0 Å². The molecule has 0 heterocycles. The van der Waals surface area contributed by atoms with Crippen LogP contribution in [0.4, 0.5) is 4.79 Å². The maximum absolute atomic E-state index is 11.5. The molecule has 2 atom stereocenters. The quantitative estimate of drug-likeness (QED) is 0.776. The van der Waals surface area contributed by atoms with Crippen molar-refractivity contribution in [2.75, 3.05) is 0 Å². The standard InChI is InChI=1S/C12H16ClN3O2/c1-7(9-5-3-4-6-10(9)13)15-8(2)11(17)16-12(14)18/h3-8,15H,1-2H3,(H3,14,16,17,18)/t7-,8?/m1/s1. The third kappa shape index (κ3) is 4.01. The molecule has 1 aromatic carbocycles. The lowest BCUT2D eigenvalue weighted by Gasteiger charge is -2.20. The number of carbonyl (C=O) groups excluding carboxylic acids is 2. The molecule has 0 aliphatic rings. The maximum Gasteiger partial charge on any atom is 0.318 e. The molecular formula is C12H16ClN3O2. The zero-order chi connectivity index (χ0) is 13.7.